The van der Waals surface area contributed by atoms with Gasteiger partial charge in [-0.3, -0.25) is 4.79 Å². The Hall–Kier alpha value is -1.86. The number of nitriles is 1. The van der Waals surface area contributed by atoms with E-state index in [9.17, 15) is 4.79 Å². The highest BCUT2D eigenvalue weighted by atomic mass is 16.5. The van der Waals surface area contributed by atoms with Gasteiger partial charge in [0.1, 0.15) is 5.60 Å². The number of carbonyl (C=O) groups excluding carboxylic acids is 1. The average Bonchev–Trinajstić information content (AvgIpc) is 2.37. The molecule has 0 radical (unpaired) electrons. The Labute approximate surface area is 101 Å². The molecular formula is C13H16N2O2. The standard InChI is InChI=1S/C13H16N2O2/c1-4-13(2,17-3)12(16)15-11-7-5-6-10(8-11)9-14/h5-8H,4H2,1-3H3,(H,15,16). The van der Waals surface area contributed by atoms with Crippen molar-refractivity contribution in [1.29, 1.82) is 5.26 Å². The molecule has 0 aliphatic carbocycles. The van der Waals surface area contributed by atoms with E-state index in [1.165, 1.54) is 7.11 Å². The number of ether oxygens (including phenoxy) is 1. The third-order valence-electron chi connectivity index (χ3n) is 2.86. The minimum Gasteiger partial charge on any atom is -0.369 e. The molecule has 1 aromatic carbocycles. The van der Waals surface area contributed by atoms with Crippen molar-refractivity contribution in [1.82, 2.24) is 0 Å². The van der Waals surface area contributed by atoms with Crippen LogP contribution in [0, 0.1) is 11.3 Å². The molecule has 1 unspecified atom stereocenters. The van der Waals surface area contributed by atoms with Crippen LogP contribution in [0.25, 0.3) is 0 Å². The van der Waals surface area contributed by atoms with E-state index in [1.807, 2.05) is 13.0 Å². The molecule has 0 heterocycles. The number of carbonyl (C=O) groups is 1. The number of anilines is 1. The van der Waals surface area contributed by atoms with Crippen molar-refractivity contribution in [3.8, 4) is 6.07 Å². The van der Waals surface area contributed by atoms with E-state index in [0.29, 0.717) is 17.7 Å². The SMILES string of the molecule is CCC(C)(OC)C(=O)Nc1cccc(C#N)c1. The Morgan fingerprint density at radius 3 is 2.82 bits per heavy atom. The van der Waals surface area contributed by atoms with Gasteiger partial charge in [-0.15, -0.1) is 0 Å². The summed E-state index contributed by atoms with van der Waals surface area (Å²) < 4.78 is 5.20. The smallest absolute Gasteiger partial charge is 0.256 e. The molecule has 1 amide bonds. The van der Waals surface area contributed by atoms with Crippen LogP contribution in [0.5, 0.6) is 0 Å². The molecule has 1 N–H and O–H groups in total. The van der Waals surface area contributed by atoms with Gasteiger partial charge in [-0.1, -0.05) is 13.0 Å². The first kappa shape index (κ1) is 13.2. The lowest BCUT2D eigenvalue weighted by Gasteiger charge is -2.25. The Morgan fingerprint density at radius 2 is 2.29 bits per heavy atom. The normalized spacial score (nSPS) is 13.5. The van der Waals surface area contributed by atoms with Crippen LogP contribution in [0.1, 0.15) is 25.8 Å². The zero-order chi connectivity index (χ0) is 12.9. The summed E-state index contributed by atoms with van der Waals surface area (Å²) in [6, 6.07) is 8.81. The predicted octanol–water partition coefficient (Wildman–Crippen LogP) is 2.31. The molecule has 0 saturated heterocycles. The second kappa shape index (κ2) is 5.46. The van der Waals surface area contributed by atoms with Crippen LogP contribution >= 0.6 is 0 Å². The van der Waals surface area contributed by atoms with Crippen molar-refractivity contribution in [3.63, 3.8) is 0 Å². The largest absolute Gasteiger partial charge is 0.369 e. The maximum Gasteiger partial charge on any atom is 0.256 e. The summed E-state index contributed by atoms with van der Waals surface area (Å²) in [5.74, 6) is -0.211. The van der Waals surface area contributed by atoms with Crippen LogP contribution in [0.15, 0.2) is 24.3 Å². The third kappa shape index (κ3) is 3.05. The molecular weight excluding hydrogens is 216 g/mol. The van der Waals surface area contributed by atoms with Crippen molar-refractivity contribution in [2.24, 2.45) is 0 Å². The van der Waals surface area contributed by atoms with E-state index in [1.54, 1.807) is 31.2 Å². The van der Waals surface area contributed by atoms with Gasteiger partial charge in [0.05, 0.1) is 11.6 Å². The van der Waals surface area contributed by atoms with Gasteiger partial charge in [-0.25, -0.2) is 0 Å². The molecule has 0 aliphatic rings. The average molecular weight is 232 g/mol. The first-order valence-corrected chi connectivity index (χ1v) is 5.42. The van der Waals surface area contributed by atoms with Gasteiger partial charge in [0.25, 0.3) is 5.91 Å². The molecule has 0 fully saturated rings. The molecule has 0 bridgehead atoms. The minimum absolute atomic E-state index is 0.211. The molecule has 1 aromatic rings. The topological polar surface area (TPSA) is 62.1 Å². The molecule has 0 saturated carbocycles. The van der Waals surface area contributed by atoms with E-state index in [4.69, 9.17) is 10.00 Å². The van der Waals surface area contributed by atoms with Gasteiger partial charge < -0.3 is 10.1 Å². The molecule has 4 nitrogen and oxygen atoms in total. The molecule has 0 spiro atoms. The molecule has 0 aromatic heterocycles. The molecule has 0 aliphatic heterocycles. The van der Waals surface area contributed by atoms with Gasteiger partial charge >= 0.3 is 0 Å². The summed E-state index contributed by atoms with van der Waals surface area (Å²) in [5.41, 5.74) is 0.270. The summed E-state index contributed by atoms with van der Waals surface area (Å²) in [6.45, 7) is 3.62. The summed E-state index contributed by atoms with van der Waals surface area (Å²) in [4.78, 5) is 12.0. The van der Waals surface area contributed by atoms with Gasteiger partial charge in [0, 0.05) is 12.8 Å². The van der Waals surface area contributed by atoms with Crippen LogP contribution in [0.3, 0.4) is 0 Å². The predicted molar refractivity (Wildman–Crippen MR) is 65.5 cm³/mol. The van der Waals surface area contributed by atoms with Gasteiger partial charge in [-0.05, 0) is 31.5 Å². The quantitative estimate of drug-likeness (QED) is 0.866. The van der Waals surface area contributed by atoms with E-state index in [0.717, 1.165) is 0 Å². The lowest BCUT2D eigenvalue weighted by Crippen LogP contribution is -2.41. The van der Waals surface area contributed by atoms with Gasteiger partial charge in [0.2, 0.25) is 0 Å². The number of amides is 1. The minimum atomic E-state index is -0.845. The highest BCUT2D eigenvalue weighted by Gasteiger charge is 2.30. The number of rotatable bonds is 4. The molecule has 17 heavy (non-hydrogen) atoms. The fraction of sp³-hybridized carbons (Fsp3) is 0.385. The van der Waals surface area contributed by atoms with Crippen molar-refractivity contribution < 1.29 is 9.53 Å². The number of nitrogens with zero attached hydrogens (tertiary/aromatic N) is 1. The zero-order valence-corrected chi connectivity index (χ0v) is 10.3. The van der Waals surface area contributed by atoms with Crippen LogP contribution in [0.2, 0.25) is 0 Å². The molecule has 1 rings (SSSR count). The van der Waals surface area contributed by atoms with Gasteiger partial charge in [-0.2, -0.15) is 5.26 Å². The Bertz CT molecular complexity index is 445. The van der Waals surface area contributed by atoms with E-state index in [2.05, 4.69) is 5.32 Å². The first-order valence-electron chi connectivity index (χ1n) is 5.42. The molecule has 90 valence electrons. The molecule has 1 atom stereocenters. The summed E-state index contributed by atoms with van der Waals surface area (Å²) in [6.07, 6.45) is 0.577. The van der Waals surface area contributed by atoms with Crippen molar-refractivity contribution >= 4 is 11.6 Å². The maximum absolute atomic E-state index is 12.0. The van der Waals surface area contributed by atoms with E-state index in [-0.39, 0.29) is 5.91 Å². The Morgan fingerprint density at radius 1 is 1.59 bits per heavy atom. The van der Waals surface area contributed by atoms with Crippen molar-refractivity contribution in [2.75, 3.05) is 12.4 Å². The second-order valence-electron chi connectivity index (χ2n) is 3.94. The lowest BCUT2D eigenvalue weighted by atomic mass is 10.0. The van der Waals surface area contributed by atoms with E-state index < -0.39 is 5.60 Å². The lowest BCUT2D eigenvalue weighted by molar-refractivity contribution is -0.136. The first-order chi connectivity index (χ1) is 8.05. The van der Waals surface area contributed by atoms with Crippen LogP contribution in [0.4, 0.5) is 5.69 Å². The highest BCUT2D eigenvalue weighted by molar-refractivity contribution is 5.97. The summed E-state index contributed by atoms with van der Waals surface area (Å²) >= 11 is 0. The third-order valence-corrected chi connectivity index (χ3v) is 2.86. The van der Waals surface area contributed by atoms with Crippen molar-refractivity contribution in [3.05, 3.63) is 29.8 Å². The number of benzene rings is 1. The molecule has 4 heteroatoms. The fourth-order valence-corrected chi connectivity index (χ4v) is 1.33. The monoisotopic (exact) mass is 232 g/mol. The zero-order valence-electron chi connectivity index (χ0n) is 10.3. The summed E-state index contributed by atoms with van der Waals surface area (Å²) in [7, 11) is 1.51. The van der Waals surface area contributed by atoms with Gasteiger partial charge in [0.15, 0.2) is 0 Å². The maximum atomic E-state index is 12.0. The second-order valence-corrected chi connectivity index (χ2v) is 3.94. The highest BCUT2D eigenvalue weighted by Crippen LogP contribution is 2.18. The van der Waals surface area contributed by atoms with Crippen LogP contribution in [-0.2, 0) is 9.53 Å². The fourth-order valence-electron chi connectivity index (χ4n) is 1.33. The van der Waals surface area contributed by atoms with Crippen molar-refractivity contribution in [2.45, 2.75) is 25.9 Å². The van der Waals surface area contributed by atoms with Crippen LogP contribution in [-0.4, -0.2) is 18.6 Å². The number of methoxy groups -OCH3 is 1. The summed E-state index contributed by atoms with van der Waals surface area (Å²) in [5, 5.41) is 11.5. The number of nitrogens with one attached hydrogen (secondary N) is 1. The Balaban J connectivity index is 2.85. The Kier molecular flexibility index (Phi) is 4.24. The van der Waals surface area contributed by atoms with E-state index >= 15 is 0 Å². The van der Waals surface area contributed by atoms with Crippen LogP contribution < -0.4 is 5.32 Å². The number of hydrogen-bond donors (Lipinski definition) is 1. The number of hydrogen-bond acceptors (Lipinski definition) is 3.